The summed E-state index contributed by atoms with van der Waals surface area (Å²) in [4.78, 5) is 13.2. The Hall–Kier alpha value is -3.19. The molecular weight excluding hydrogens is 412 g/mol. The molecule has 3 aliphatic carbocycles. The molecule has 1 nitrogen and oxygen atoms in total. The van der Waals surface area contributed by atoms with Crippen molar-refractivity contribution in [3.63, 3.8) is 0 Å². The highest BCUT2D eigenvalue weighted by Crippen LogP contribution is 2.50. The standard InChI is InChI=1S/C33H32O/c1-32(2)28-11-7-5-9-24(28)26-15-13-21(19-30(26)32)17-23(34)18-22-14-16-27-25-10-6-8-12-29(25)33(3,4)31(27)20-22/h5,7-9,11-16,19-20H,6,10,17-18H2,1-4H3. The summed E-state index contributed by atoms with van der Waals surface area (Å²) < 4.78 is 0. The summed E-state index contributed by atoms with van der Waals surface area (Å²) in [5.74, 6) is 0.279. The fourth-order valence-electron chi connectivity index (χ4n) is 6.54. The van der Waals surface area contributed by atoms with Crippen molar-refractivity contribution in [1.82, 2.24) is 0 Å². The number of ketones is 1. The van der Waals surface area contributed by atoms with Gasteiger partial charge in [-0.05, 0) is 68.5 Å². The maximum absolute atomic E-state index is 13.2. The molecule has 0 radical (unpaired) electrons. The van der Waals surface area contributed by atoms with Crippen LogP contribution in [-0.4, -0.2) is 5.78 Å². The first kappa shape index (κ1) is 21.4. The van der Waals surface area contributed by atoms with Crippen LogP contribution in [0.15, 0.2) is 78.4 Å². The van der Waals surface area contributed by atoms with E-state index in [-0.39, 0.29) is 16.6 Å². The summed E-state index contributed by atoms with van der Waals surface area (Å²) >= 11 is 0. The Balaban J connectivity index is 1.23. The smallest absolute Gasteiger partial charge is 0.141 e. The van der Waals surface area contributed by atoms with Gasteiger partial charge in [0.15, 0.2) is 0 Å². The van der Waals surface area contributed by atoms with Gasteiger partial charge in [-0.3, -0.25) is 4.79 Å². The summed E-state index contributed by atoms with van der Waals surface area (Å²) in [5.41, 5.74) is 13.3. The normalized spacial score (nSPS) is 18.4. The van der Waals surface area contributed by atoms with Crippen LogP contribution in [0, 0.1) is 0 Å². The number of rotatable bonds is 4. The summed E-state index contributed by atoms with van der Waals surface area (Å²) in [6.07, 6.45) is 7.84. The lowest BCUT2D eigenvalue weighted by molar-refractivity contribution is -0.117. The molecule has 3 aliphatic rings. The molecule has 0 amide bonds. The minimum absolute atomic E-state index is 0.0151. The molecule has 3 aromatic carbocycles. The van der Waals surface area contributed by atoms with E-state index in [9.17, 15) is 4.79 Å². The maximum Gasteiger partial charge on any atom is 0.141 e. The first-order chi connectivity index (χ1) is 16.3. The van der Waals surface area contributed by atoms with Gasteiger partial charge in [0.1, 0.15) is 5.78 Å². The average molecular weight is 445 g/mol. The molecule has 0 fully saturated rings. The van der Waals surface area contributed by atoms with E-state index >= 15 is 0 Å². The zero-order chi connectivity index (χ0) is 23.7. The predicted octanol–water partition coefficient (Wildman–Crippen LogP) is 7.74. The molecule has 0 saturated heterocycles. The van der Waals surface area contributed by atoms with Crippen LogP contribution >= 0.6 is 0 Å². The van der Waals surface area contributed by atoms with Gasteiger partial charge in [0.25, 0.3) is 0 Å². The van der Waals surface area contributed by atoms with E-state index in [0.29, 0.717) is 12.8 Å². The van der Waals surface area contributed by atoms with Crippen molar-refractivity contribution in [1.29, 1.82) is 0 Å². The molecule has 0 atom stereocenters. The Kier molecular flexibility index (Phi) is 4.65. The van der Waals surface area contributed by atoms with E-state index in [1.54, 1.807) is 0 Å². The fourth-order valence-corrected chi connectivity index (χ4v) is 6.54. The lowest BCUT2D eigenvalue weighted by Crippen LogP contribution is -2.17. The minimum Gasteiger partial charge on any atom is -0.299 e. The molecular formula is C33H32O. The summed E-state index contributed by atoms with van der Waals surface area (Å²) in [6, 6.07) is 22.0. The Bertz CT molecular complexity index is 1410. The zero-order valence-electron chi connectivity index (χ0n) is 20.7. The molecule has 1 heteroatoms. The first-order valence-electron chi connectivity index (χ1n) is 12.6. The van der Waals surface area contributed by atoms with Gasteiger partial charge in [0.05, 0.1) is 0 Å². The zero-order valence-corrected chi connectivity index (χ0v) is 20.7. The summed E-state index contributed by atoms with van der Waals surface area (Å²) in [7, 11) is 0. The van der Waals surface area contributed by atoms with Gasteiger partial charge in [-0.2, -0.15) is 0 Å². The summed E-state index contributed by atoms with van der Waals surface area (Å²) in [6.45, 7) is 9.22. The number of benzene rings is 3. The highest BCUT2D eigenvalue weighted by molar-refractivity contribution is 5.87. The lowest BCUT2D eigenvalue weighted by Gasteiger charge is -2.24. The largest absolute Gasteiger partial charge is 0.299 e. The Morgan fingerprint density at radius 1 is 0.735 bits per heavy atom. The molecule has 0 heterocycles. The second kappa shape index (κ2) is 7.40. The minimum atomic E-state index is -0.0306. The van der Waals surface area contributed by atoms with E-state index in [2.05, 4.69) is 101 Å². The summed E-state index contributed by atoms with van der Waals surface area (Å²) in [5, 5.41) is 0. The first-order valence-corrected chi connectivity index (χ1v) is 12.6. The van der Waals surface area contributed by atoms with Crippen molar-refractivity contribution < 1.29 is 4.79 Å². The third-order valence-corrected chi connectivity index (χ3v) is 8.38. The number of carbonyl (C=O) groups is 1. The second-order valence-electron chi connectivity index (χ2n) is 11.3. The van der Waals surface area contributed by atoms with Crippen LogP contribution in [0.5, 0.6) is 0 Å². The van der Waals surface area contributed by atoms with Gasteiger partial charge in [0, 0.05) is 23.7 Å². The lowest BCUT2D eigenvalue weighted by atomic mass is 9.79. The van der Waals surface area contributed by atoms with E-state index in [1.165, 1.54) is 44.5 Å². The molecule has 170 valence electrons. The van der Waals surface area contributed by atoms with Crippen molar-refractivity contribution in [3.05, 3.63) is 112 Å². The third kappa shape index (κ3) is 3.10. The van der Waals surface area contributed by atoms with Crippen LogP contribution in [0.25, 0.3) is 16.7 Å². The quantitative estimate of drug-likeness (QED) is 0.402. The van der Waals surface area contributed by atoms with Gasteiger partial charge in [-0.1, -0.05) is 101 Å². The molecule has 0 bridgehead atoms. The predicted molar refractivity (Wildman–Crippen MR) is 141 cm³/mol. The average Bonchev–Trinajstić information content (AvgIpc) is 3.19. The second-order valence-corrected chi connectivity index (χ2v) is 11.3. The molecule has 3 aromatic rings. The van der Waals surface area contributed by atoms with Gasteiger partial charge in [0.2, 0.25) is 0 Å². The highest BCUT2D eigenvalue weighted by Gasteiger charge is 2.37. The molecule has 6 rings (SSSR count). The van der Waals surface area contributed by atoms with Crippen LogP contribution in [0.1, 0.15) is 73.9 Å². The molecule has 0 N–H and O–H groups in total. The van der Waals surface area contributed by atoms with Gasteiger partial charge in [-0.15, -0.1) is 0 Å². The third-order valence-electron chi connectivity index (χ3n) is 8.38. The van der Waals surface area contributed by atoms with Crippen LogP contribution in [0.4, 0.5) is 0 Å². The topological polar surface area (TPSA) is 17.1 Å². The van der Waals surface area contributed by atoms with Gasteiger partial charge >= 0.3 is 0 Å². The number of Topliss-reactive ketones (excluding diaryl/α,β-unsaturated/α-hetero) is 1. The molecule has 34 heavy (non-hydrogen) atoms. The van der Waals surface area contributed by atoms with Crippen LogP contribution in [-0.2, 0) is 28.5 Å². The number of hydrogen-bond donors (Lipinski definition) is 0. The van der Waals surface area contributed by atoms with E-state index in [1.807, 2.05) is 0 Å². The molecule has 0 aromatic heterocycles. The van der Waals surface area contributed by atoms with Crippen molar-refractivity contribution >= 4 is 11.4 Å². The fraction of sp³-hybridized carbons (Fsp3) is 0.303. The van der Waals surface area contributed by atoms with Crippen molar-refractivity contribution in [3.8, 4) is 11.1 Å². The number of carbonyl (C=O) groups excluding carboxylic acids is 1. The molecule has 0 unspecified atom stereocenters. The SMILES string of the molecule is CC1(C)C2=C(CCC=C2)c2ccc(CC(=O)Cc3ccc4c(c3)C(C)(C)c3ccccc3-4)cc21. The molecule has 0 spiro atoms. The number of fused-ring (bicyclic) bond motifs is 5. The van der Waals surface area contributed by atoms with Crippen LogP contribution in [0.2, 0.25) is 0 Å². The molecule has 0 saturated carbocycles. The molecule has 0 aliphatic heterocycles. The van der Waals surface area contributed by atoms with Crippen molar-refractivity contribution in [2.75, 3.05) is 0 Å². The number of hydrogen-bond acceptors (Lipinski definition) is 1. The maximum atomic E-state index is 13.2. The Labute approximate surface area is 203 Å². The Morgan fingerprint density at radius 3 is 2.09 bits per heavy atom. The van der Waals surface area contributed by atoms with Crippen LogP contribution < -0.4 is 0 Å². The highest BCUT2D eigenvalue weighted by atomic mass is 16.1. The Morgan fingerprint density at radius 2 is 1.35 bits per heavy atom. The van der Waals surface area contributed by atoms with E-state index in [0.717, 1.165) is 24.0 Å². The van der Waals surface area contributed by atoms with E-state index in [4.69, 9.17) is 0 Å². The van der Waals surface area contributed by atoms with Crippen LogP contribution in [0.3, 0.4) is 0 Å². The monoisotopic (exact) mass is 444 g/mol. The van der Waals surface area contributed by atoms with Gasteiger partial charge < -0.3 is 0 Å². The van der Waals surface area contributed by atoms with Gasteiger partial charge in [-0.25, -0.2) is 0 Å². The van der Waals surface area contributed by atoms with E-state index < -0.39 is 0 Å². The number of allylic oxidation sites excluding steroid dienone is 4. The van der Waals surface area contributed by atoms with Crippen molar-refractivity contribution in [2.24, 2.45) is 0 Å². The van der Waals surface area contributed by atoms with Crippen molar-refractivity contribution in [2.45, 2.75) is 64.2 Å².